The predicted molar refractivity (Wildman–Crippen MR) is 109 cm³/mol. The molecule has 7 nitrogen and oxygen atoms in total. The highest BCUT2D eigenvalue weighted by Gasteiger charge is 2.30. The summed E-state index contributed by atoms with van der Waals surface area (Å²) in [5.74, 6) is 1.22. The van der Waals surface area contributed by atoms with Gasteiger partial charge in [0.25, 0.3) is 0 Å². The molecule has 146 valence electrons. The molecule has 4 aromatic rings. The standard InChI is InChI=1S/C21H17N3O4S/c25-16-9-15-13(8-19(27)28-18(15)10-17(16)26)11-29-21-22-20(12-6-7-12)24(23-21)14-4-2-1-3-5-14/h1-5,8-10,12,25-26H,6-7,11H2. The number of benzene rings is 2. The fourth-order valence-electron chi connectivity index (χ4n) is 3.24. The first-order valence-corrected chi connectivity index (χ1v) is 10.2. The van der Waals surface area contributed by atoms with Gasteiger partial charge in [-0.2, -0.15) is 0 Å². The monoisotopic (exact) mass is 407 g/mol. The van der Waals surface area contributed by atoms with Gasteiger partial charge in [0.05, 0.1) is 5.69 Å². The molecule has 2 aromatic carbocycles. The molecule has 5 rings (SSSR count). The minimum absolute atomic E-state index is 0.227. The summed E-state index contributed by atoms with van der Waals surface area (Å²) in [6.07, 6.45) is 2.23. The van der Waals surface area contributed by atoms with E-state index >= 15 is 0 Å². The summed E-state index contributed by atoms with van der Waals surface area (Å²) >= 11 is 1.41. The van der Waals surface area contributed by atoms with E-state index in [9.17, 15) is 15.0 Å². The lowest BCUT2D eigenvalue weighted by Gasteiger charge is -2.06. The summed E-state index contributed by atoms with van der Waals surface area (Å²) in [5.41, 5.74) is 1.37. The van der Waals surface area contributed by atoms with Crippen LogP contribution in [0.4, 0.5) is 0 Å². The van der Waals surface area contributed by atoms with Gasteiger partial charge < -0.3 is 14.6 Å². The van der Waals surface area contributed by atoms with Crippen molar-refractivity contribution < 1.29 is 14.6 Å². The minimum atomic E-state index is -0.514. The number of para-hydroxylation sites is 1. The Bertz CT molecular complexity index is 1260. The van der Waals surface area contributed by atoms with E-state index in [-0.39, 0.29) is 17.1 Å². The summed E-state index contributed by atoms with van der Waals surface area (Å²) in [7, 11) is 0. The zero-order chi connectivity index (χ0) is 20.0. The fraction of sp³-hybridized carbons (Fsp3) is 0.190. The molecule has 1 aliphatic carbocycles. The van der Waals surface area contributed by atoms with E-state index in [4.69, 9.17) is 9.40 Å². The van der Waals surface area contributed by atoms with Gasteiger partial charge in [0.15, 0.2) is 11.5 Å². The van der Waals surface area contributed by atoms with Gasteiger partial charge in [-0.1, -0.05) is 30.0 Å². The van der Waals surface area contributed by atoms with Crippen molar-refractivity contribution in [2.45, 2.75) is 29.7 Å². The van der Waals surface area contributed by atoms with Crippen LogP contribution in [0.1, 0.15) is 30.1 Å². The summed E-state index contributed by atoms with van der Waals surface area (Å²) in [5, 5.41) is 25.4. The average Bonchev–Trinajstić information content (AvgIpc) is 3.47. The van der Waals surface area contributed by atoms with Gasteiger partial charge in [-0.05, 0) is 36.6 Å². The Morgan fingerprint density at radius 2 is 1.86 bits per heavy atom. The Labute approximate surface area is 169 Å². The Kier molecular flexibility index (Phi) is 4.28. The predicted octanol–water partition coefficient (Wildman–Crippen LogP) is 3.95. The second kappa shape index (κ2) is 6.97. The van der Waals surface area contributed by atoms with E-state index in [1.165, 1.54) is 30.0 Å². The normalized spacial score (nSPS) is 13.8. The lowest BCUT2D eigenvalue weighted by Crippen LogP contribution is -2.01. The Hall–Kier alpha value is -3.26. The third-order valence-electron chi connectivity index (χ3n) is 4.84. The smallest absolute Gasteiger partial charge is 0.336 e. The maximum atomic E-state index is 11.9. The van der Waals surface area contributed by atoms with Crippen LogP contribution in [0.2, 0.25) is 0 Å². The molecule has 29 heavy (non-hydrogen) atoms. The molecule has 2 heterocycles. The Balaban J connectivity index is 1.48. The highest BCUT2D eigenvalue weighted by atomic mass is 32.2. The van der Waals surface area contributed by atoms with Crippen molar-refractivity contribution in [2.24, 2.45) is 0 Å². The first-order valence-electron chi connectivity index (χ1n) is 9.22. The zero-order valence-electron chi connectivity index (χ0n) is 15.3. The van der Waals surface area contributed by atoms with Gasteiger partial charge in [-0.15, -0.1) is 5.10 Å². The van der Waals surface area contributed by atoms with Crippen molar-refractivity contribution in [2.75, 3.05) is 0 Å². The molecule has 8 heteroatoms. The van der Waals surface area contributed by atoms with Crippen LogP contribution in [0, 0.1) is 0 Å². The molecule has 0 aliphatic heterocycles. The quantitative estimate of drug-likeness (QED) is 0.293. The highest BCUT2D eigenvalue weighted by Crippen LogP contribution is 2.41. The maximum absolute atomic E-state index is 11.9. The van der Waals surface area contributed by atoms with Crippen LogP contribution in [0.25, 0.3) is 16.7 Å². The molecule has 0 unspecified atom stereocenters. The van der Waals surface area contributed by atoms with Crippen LogP contribution in [-0.2, 0) is 5.75 Å². The van der Waals surface area contributed by atoms with Crippen LogP contribution in [0.15, 0.2) is 62.9 Å². The zero-order valence-corrected chi connectivity index (χ0v) is 16.1. The average molecular weight is 407 g/mol. The Morgan fingerprint density at radius 3 is 2.62 bits per heavy atom. The number of aromatic hydroxyl groups is 2. The van der Waals surface area contributed by atoms with Gasteiger partial charge in [-0.25, -0.2) is 14.5 Å². The number of fused-ring (bicyclic) bond motifs is 1. The molecular formula is C21H17N3O4S. The molecule has 1 fully saturated rings. The number of phenolic OH excluding ortho intramolecular Hbond substituents is 2. The molecule has 0 amide bonds. The van der Waals surface area contributed by atoms with Crippen LogP contribution in [0.3, 0.4) is 0 Å². The molecule has 0 atom stereocenters. The van der Waals surface area contributed by atoms with Crippen LogP contribution in [0.5, 0.6) is 11.5 Å². The van der Waals surface area contributed by atoms with E-state index in [0.29, 0.717) is 27.8 Å². The highest BCUT2D eigenvalue weighted by molar-refractivity contribution is 7.98. The molecule has 1 aliphatic rings. The maximum Gasteiger partial charge on any atom is 0.336 e. The van der Waals surface area contributed by atoms with Gasteiger partial charge in [-0.3, -0.25) is 0 Å². The lowest BCUT2D eigenvalue weighted by molar-refractivity contribution is 0.403. The van der Waals surface area contributed by atoms with E-state index in [1.807, 2.05) is 35.0 Å². The van der Waals surface area contributed by atoms with Crippen molar-refractivity contribution >= 4 is 22.7 Å². The van der Waals surface area contributed by atoms with Gasteiger partial charge in [0, 0.05) is 29.2 Å². The summed E-state index contributed by atoms with van der Waals surface area (Å²) in [6.45, 7) is 0. The van der Waals surface area contributed by atoms with Crippen molar-refractivity contribution in [3.8, 4) is 17.2 Å². The molecule has 0 radical (unpaired) electrons. The number of hydrogen-bond donors (Lipinski definition) is 2. The number of aromatic nitrogens is 3. The molecule has 0 bridgehead atoms. The first-order chi connectivity index (χ1) is 14.1. The fourth-order valence-corrected chi connectivity index (χ4v) is 4.06. The third-order valence-corrected chi connectivity index (χ3v) is 5.72. The topological polar surface area (TPSA) is 101 Å². The summed E-state index contributed by atoms with van der Waals surface area (Å²) in [6, 6.07) is 13.9. The molecule has 1 saturated carbocycles. The summed E-state index contributed by atoms with van der Waals surface area (Å²) < 4.78 is 7.03. The van der Waals surface area contributed by atoms with E-state index in [1.54, 1.807) is 0 Å². The van der Waals surface area contributed by atoms with Crippen molar-refractivity contribution in [3.63, 3.8) is 0 Å². The molecule has 0 saturated heterocycles. The SMILES string of the molecule is O=c1cc(CSc2nc(C3CC3)n(-c3ccccc3)n2)c2cc(O)c(O)cc2o1. The van der Waals surface area contributed by atoms with E-state index in [0.717, 1.165) is 24.4 Å². The number of rotatable bonds is 5. The van der Waals surface area contributed by atoms with Gasteiger partial charge in [0.2, 0.25) is 5.16 Å². The first kappa shape index (κ1) is 17.8. The molecule has 2 aromatic heterocycles. The van der Waals surface area contributed by atoms with Crippen LogP contribution < -0.4 is 5.63 Å². The molecule has 0 spiro atoms. The summed E-state index contributed by atoms with van der Waals surface area (Å²) in [4.78, 5) is 16.6. The number of phenols is 2. The largest absolute Gasteiger partial charge is 0.504 e. The van der Waals surface area contributed by atoms with Crippen molar-refractivity contribution in [1.29, 1.82) is 0 Å². The number of thioether (sulfide) groups is 1. The van der Waals surface area contributed by atoms with Crippen LogP contribution >= 0.6 is 11.8 Å². The minimum Gasteiger partial charge on any atom is -0.504 e. The van der Waals surface area contributed by atoms with E-state index in [2.05, 4.69) is 5.10 Å². The van der Waals surface area contributed by atoms with Gasteiger partial charge >= 0.3 is 5.63 Å². The van der Waals surface area contributed by atoms with Gasteiger partial charge in [0.1, 0.15) is 11.4 Å². The van der Waals surface area contributed by atoms with Crippen molar-refractivity contribution in [1.82, 2.24) is 14.8 Å². The molecule has 2 N–H and O–H groups in total. The second-order valence-corrected chi connectivity index (χ2v) is 7.93. The third kappa shape index (κ3) is 3.47. The Morgan fingerprint density at radius 1 is 1.10 bits per heavy atom. The molecular weight excluding hydrogens is 390 g/mol. The van der Waals surface area contributed by atoms with E-state index < -0.39 is 5.63 Å². The van der Waals surface area contributed by atoms with Crippen LogP contribution in [-0.4, -0.2) is 25.0 Å². The second-order valence-electron chi connectivity index (χ2n) is 6.99. The van der Waals surface area contributed by atoms with Crippen molar-refractivity contribution in [3.05, 3.63) is 70.3 Å². The lowest BCUT2D eigenvalue weighted by atomic mass is 10.1. The number of hydrogen-bond acceptors (Lipinski definition) is 7. The number of nitrogens with zero attached hydrogens (tertiary/aromatic N) is 3.